The maximum Gasteiger partial charge on any atom is 0.0195 e. The summed E-state index contributed by atoms with van der Waals surface area (Å²) in [7, 11) is 0. The van der Waals surface area contributed by atoms with Crippen molar-refractivity contribution in [2.45, 2.75) is 57.5 Å². The zero-order chi connectivity index (χ0) is 9.80. The SMILES string of the molecule is CC[C@@H]1CCCCN1C[C@@H]1CCCN1. The second-order valence-corrected chi connectivity index (χ2v) is 4.85. The molecule has 0 aromatic heterocycles. The van der Waals surface area contributed by atoms with Gasteiger partial charge in [0.2, 0.25) is 0 Å². The highest BCUT2D eigenvalue weighted by Gasteiger charge is 2.24. The van der Waals surface area contributed by atoms with Crippen molar-refractivity contribution in [2.75, 3.05) is 19.6 Å². The maximum atomic E-state index is 3.61. The third-order valence-electron chi connectivity index (χ3n) is 3.84. The Kier molecular flexibility index (Phi) is 3.82. The van der Waals surface area contributed by atoms with Crippen LogP contribution in [0.25, 0.3) is 0 Å². The van der Waals surface area contributed by atoms with E-state index in [0.717, 1.165) is 12.1 Å². The Morgan fingerprint density at radius 1 is 1.21 bits per heavy atom. The fourth-order valence-electron chi connectivity index (χ4n) is 2.96. The number of likely N-dealkylation sites (tertiary alicyclic amines) is 1. The standard InChI is InChI=1S/C12H24N2/c1-2-12-7-3-4-9-14(12)10-11-6-5-8-13-11/h11-13H,2-10H2,1H3/t11-,12+/m0/s1. The smallest absolute Gasteiger partial charge is 0.0195 e. The van der Waals surface area contributed by atoms with Crippen LogP contribution in [-0.2, 0) is 0 Å². The van der Waals surface area contributed by atoms with E-state index in [9.17, 15) is 0 Å². The topological polar surface area (TPSA) is 15.3 Å². The van der Waals surface area contributed by atoms with Crippen molar-refractivity contribution in [2.24, 2.45) is 0 Å². The quantitative estimate of drug-likeness (QED) is 0.743. The summed E-state index contributed by atoms with van der Waals surface area (Å²) in [5.41, 5.74) is 0. The Balaban J connectivity index is 1.81. The molecule has 2 heteroatoms. The van der Waals surface area contributed by atoms with E-state index in [-0.39, 0.29) is 0 Å². The predicted molar refractivity (Wildman–Crippen MR) is 60.5 cm³/mol. The third-order valence-corrected chi connectivity index (χ3v) is 3.84. The number of nitrogens with zero attached hydrogens (tertiary/aromatic N) is 1. The van der Waals surface area contributed by atoms with Crippen molar-refractivity contribution >= 4 is 0 Å². The predicted octanol–water partition coefficient (Wildman–Crippen LogP) is 2.00. The third kappa shape index (κ3) is 2.48. The minimum Gasteiger partial charge on any atom is -0.313 e. The molecule has 2 aliphatic heterocycles. The van der Waals surface area contributed by atoms with Gasteiger partial charge < -0.3 is 5.32 Å². The molecule has 0 aliphatic carbocycles. The van der Waals surface area contributed by atoms with Crippen LogP contribution in [0, 0.1) is 0 Å². The fourth-order valence-corrected chi connectivity index (χ4v) is 2.96. The molecule has 0 amide bonds. The van der Waals surface area contributed by atoms with Gasteiger partial charge in [-0.1, -0.05) is 13.3 Å². The number of hydrogen-bond acceptors (Lipinski definition) is 2. The molecule has 0 saturated carbocycles. The molecule has 0 unspecified atom stereocenters. The minimum absolute atomic E-state index is 0.794. The molecular weight excluding hydrogens is 172 g/mol. The summed E-state index contributed by atoms with van der Waals surface area (Å²) in [4.78, 5) is 2.73. The molecule has 2 nitrogen and oxygen atoms in total. The number of nitrogens with one attached hydrogen (secondary N) is 1. The van der Waals surface area contributed by atoms with Crippen LogP contribution in [0.15, 0.2) is 0 Å². The van der Waals surface area contributed by atoms with Crippen molar-refractivity contribution in [1.29, 1.82) is 0 Å². The molecule has 0 bridgehead atoms. The van der Waals surface area contributed by atoms with E-state index >= 15 is 0 Å². The first-order valence-corrected chi connectivity index (χ1v) is 6.37. The van der Waals surface area contributed by atoms with Gasteiger partial charge in [0.05, 0.1) is 0 Å². The summed E-state index contributed by atoms with van der Waals surface area (Å²) in [5.74, 6) is 0. The highest BCUT2D eigenvalue weighted by Crippen LogP contribution is 2.20. The lowest BCUT2D eigenvalue weighted by atomic mass is 9.99. The highest BCUT2D eigenvalue weighted by atomic mass is 15.2. The van der Waals surface area contributed by atoms with Crippen molar-refractivity contribution < 1.29 is 0 Å². The fraction of sp³-hybridized carbons (Fsp3) is 1.00. The van der Waals surface area contributed by atoms with Crippen LogP contribution in [-0.4, -0.2) is 36.6 Å². The van der Waals surface area contributed by atoms with Gasteiger partial charge in [0.15, 0.2) is 0 Å². The second kappa shape index (κ2) is 5.13. The maximum absolute atomic E-state index is 3.61. The molecule has 2 rings (SSSR count). The molecule has 82 valence electrons. The van der Waals surface area contributed by atoms with Crippen LogP contribution in [0.5, 0.6) is 0 Å². The first kappa shape index (κ1) is 10.4. The molecule has 0 spiro atoms. The van der Waals surface area contributed by atoms with Gasteiger partial charge in [-0.25, -0.2) is 0 Å². The van der Waals surface area contributed by atoms with Gasteiger partial charge >= 0.3 is 0 Å². The van der Waals surface area contributed by atoms with Gasteiger partial charge in [-0.2, -0.15) is 0 Å². The van der Waals surface area contributed by atoms with Crippen LogP contribution in [0.1, 0.15) is 45.4 Å². The van der Waals surface area contributed by atoms with Crippen LogP contribution in [0.3, 0.4) is 0 Å². The van der Waals surface area contributed by atoms with Gasteiger partial charge in [-0.15, -0.1) is 0 Å². The van der Waals surface area contributed by atoms with E-state index in [4.69, 9.17) is 0 Å². The lowest BCUT2D eigenvalue weighted by molar-refractivity contribution is 0.132. The summed E-state index contributed by atoms with van der Waals surface area (Å²) >= 11 is 0. The lowest BCUT2D eigenvalue weighted by Crippen LogP contribution is -2.45. The number of hydrogen-bond donors (Lipinski definition) is 1. The summed E-state index contributed by atoms with van der Waals surface area (Å²) in [6.07, 6.45) is 8.43. The number of rotatable bonds is 3. The average Bonchev–Trinajstić information content (AvgIpc) is 2.71. The molecule has 0 radical (unpaired) electrons. The normalized spacial score (nSPS) is 34.9. The Bertz CT molecular complexity index is 164. The van der Waals surface area contributed by atoms with Gasteiger partial charge in [0, 0.05) is 18.6 Å². The average molecular weight is 196 g/mol. The Morgan fingerprint density at radius 3 is 2.86 bits per heavy atom. The Labute approximate surface area is 88.1 Å². The zero-order valence-corrected chi connectivity index (χ0v) is 9.47. The van der Waals surface area contributed by atoms with E-state index in [2.05, 4.69) is 17.1 Å². The van der Waals surface area contributed by atoms with Crippen molar-refractivity contribution in [1.82, 2.24) is 10.2 Å². The van der Waals surface area contributed by atoms with E-state index in [1.807, 2.05) is 0 Å². The summed E-state index contributed by atoms with van der Waals surface area (Å²) in [6.45, 7) is 6.23. The number of piperidine rings is 1. The highest BCUT2D eigenvalue weighted by molar-refractivity contribution is 4.83. The monoisotopic (exact) mass is 196 g/mol. The molecule has 2 heterocycles. The Hall–Kier alpha value is -0.0800. The van der Waals surface area contributed by atoms with Crippen molar-refractivity contribution in [3.8, 4) is 0 Å². The summed E-state index contributed by atoms with van der Waals surface area (Å²) < 4.78 is 0. The van der Waals surface area contributed by atoms with Gasteiger partial charge in [-0.3, -0.25) is 4.90 Å². The van der Waals surface area contributed by atoms with E-state index in [1.165, 1.54) is 58.2 Å². The van der Waals surface area contributed by atoms with Crippen LogP contribution < -0.4 is 5.32 Å². The van der Waals surface area contributed by atoms with Gasteiger partial charge in [0.1, 0.15) is 0 Å². The first-order valence-electron chi connectivity index (χ1n) is 6.37. The van der Waals surface area contributed by atoms with Crippen LogP contribution in [0.2, 0.25) is 0 Å². The van der Waals surface area contributed by atoms with Gasteiger partial charge in [0.25, 0.3) is 0 Å². The van der Waals surface area contributed by atoms with Gasteiger partial charge in [-0.05, 0) is 45.2 Å². The molecule has 2 saturated heterocycles. The van der Waals surface area contributed by atoms with E-state index in [0.29, 0.717) is 0 Å². The van der Waals surface area contributed by atoms with E-state index in [1.54, 1.807) is 0 Å². The lowest BCUT2D eigenvalue weighted by Gasteiger charge is -2.36. The Morgan fingerprint density at radius 2 is 2.14 bits per heavy atom. The molecule has 1 N–H and O–H groups in total. The second-order valence-electron chi connectivity index (χ2n) is 4.85. The summed E-state index contributed by atoms with van der Waals surface area (Å²) in [5, 5.41) is 3.61. The van der Waals surface area contributed by atoms with Crippen LogP contribution in [0.4, 0.5) is 0 Å². The van der Waals surface area contributed by atoms with E-state index < -0.39 is 0 Å². The zero-order valence-electron chi connectivity index (χ0n) is 9.47. The van der Waals surface area contributed by atoms with Crippen molar-refractivity contribution in [3.05, 3.63) is 0 Å². The molecule has 14 heavy (non-hydrogen) atoms. The summed E-state index contributed by atoms with van der Waals surface area (Å²) in [6, 6.07) is 1.67. The largest absolute Gasteiger partial charge is 0.313 e. The minimum atomic E-state index is 0.794. The molecular formula is C12H24N2. The molecule has 2 aliphatic rings. The first-order chi connectivity index (χ1) is 6.90. The van der Waals surface area contributed by atoms with Crippen molar-refractivity contribution in [3.63, 3.8) is 0 Å². The van der Waals surface area contributed by atoms with Crippen LogP contribution >= 0.6 is 0 Å². The molecule has 2 atom stereocenters. The molecule has 2 fully saturated rings. The molecule has 0 aromatic rings. The molecule has 0 aromatic carbocycles.